The first-order valence-corrected chi connectivity index (χ1v) is 7.30. The lowest BCUT2D eigenvalue weighted by molar-refractivity contribution is 0.582. The predicted molar refractivity (Wildman–Crippen MR) is 86.2 cm³/mol. The zero-order valence-electron chi connectivity index (χ0n) is 12.5. The fourth-order valence-corrected chi connectivity index (χ4v) is 2.69. The quantitative estimate of drug-likeness (QED) is 0.745. The Morgan fingerprint density at radius 1 is 1.10 bits per heavy atom. The Morgan fingerprint density at radius 2 is 1.86 bits per heavy atom. The first kappa shape index (κ1) is 13.6. The Morgan fingerprint density at radius 3 is 2.57 bits per heavy atom. The molecular formula is C17H20N4. The van der Waals surface area contributed by atoms with E-state index in [0.717, 1.165) is 35.4 Å². The molecule has 0 saturated carbocycles. The summed E-state index contributed by atoms with van der Waals surface area (Å²) in [6, 6.07) is 10.5. The molecule has 108 valence electrons. The maximum absolute atomic E-state index is 5.73. The molecule has 0 aliphatic carbocycles. The van der Waals surface area contributed by atoms with Crippen molar-refractivity contribution in [3.8, 4) is 0 Å². The topological polar surface area (TPSA) is 56.7 Å². The average Bonchev–Trinajstić information content (AvgIpc) is 2.85. The van der Waals surface area contributed by atoms with Crippen molar-refractivity contribution in [1.82, 2.24) is 14.5 Å². The van der Waals surface area contributed by atoms with E-state index in [1.807, 2.05) is 30.6 Å². The lowest BCUT2D eigenvalue weighted by Crippen LogP contribution is -2.07. The number of aromatic nitrogens is 3. The Hall–Kier alpha value is -2.36. The van der Waals surface area contributed by atoms with Crippen LogP contribution in [0.2, 0.25) is 0 Å². The van der Waals surface area contributed by atoms with Gasteiger partial charge in [-0.05, 0) is 44.0 Å². The molecule has 0 unspecified atom stereocenters. The highest BCUT2D eigenvalue weighted by Gasteiger charge is 2.12. The van der Waals surface area contributed by atoms with Crippen molar-refractivity contribution < 1.29 is 0 Å². The maximum Gasteiger partial charge on any atom is 0.110 e. The number of benzene rings is 1. The molecule has 21 heavy (non-hydrogen) atoms. The van der Waals surface area contributed by atoms with E-state index in [0.29, 0.717) is 6.04 Å². The summed E-state index contributed by atoms with van der Waals surface area (Å²) in [5, 5.41) is 0. The van der Waals surface area contributed by atoms with Gasteiger partial charge in [-0.2, -0.15) is 0 Å². The molecule has 4 nitrogen and oxygen atoms in total. The van der Waals surface area contributed by atoms with E-state index in [1.54, 1.807) is 0 Å². The van der Waals surface area contributed by atoms with Crippen LogP contribution in [-0.2, 0) is 12.8 Å². The first-order chi connectivity index (χ1) is 10.1. The van der Waals surface area contributed by atoms with Crippen molar-refractivity contribution in [3.05, 3.63) is 54.1 Å². The molecule has 0 amide bonds. The third-order valence-corrected chi connectivity index (χ3v) is 3.70. The van der Waals surface area contributed by atoms with Crippen LogP contribution in [0.15, 0.2) is 42.7 Å². The van der Waals surface area contributed by atoms with E-state index in [1.165, 1.54) is 5.56 Å². The summed E-state index contributed by atoms with van der Waals surface area (Å²) < 4.78 is 2.30. The fraction of sp³-hybridized carbons (Fsp3) is 0.294. The van der Waals surface area contributed by atoms with Crippen LogP contribution in [0.3, 0.4) is 0 Å². The molecule has 0 atom stereocenters. The van der Waals surface area contributed by atoms with Crippen LogP contribution < -0.4 is 5.73 Å². The Kier molecular flexibility index (Phi) is 3.60. The van der Waals surface area contributed by atoms with Gasteiger partial charge in [-0.15, -0.1) is 0 Å². The highest BCUT2D eigenvalue weighted by molar-refractivity contribution is 5.74. The molecule has 0 saturated heterocycles. The Labute approximate surface area is 124 Å². The normalized spacial score (nSPS) is 11.4. The van der Waals surface area contributed by atoms with Crippen LogP contribution in [0.5, 0.6) is 0 Å². The van der Waals surface area contributed by atoms with Gasteiger partial charge in [0.1, 0.15) is 11.3 Å². The van der Waals surface area contributed by atoms with Crippen LogP contribution in [0.4, 0.5) is 5.69 Å². The van der Waals surface area contributed by atoms with Crippen LogP contribution in [0, 0.1) is 0 Å². The standard InChI is InChI=1S/C17H20N4/c1-12(2)21-16-9-10-19-11-15(16)20-17(21)8-5-13-3-6-14(18)7-4-13/h3-4,6-7,9-12H,5,8,18H2,1-2H3. The van der Waals surface area contributed by atoms with Crippen molar-refractivity contribution in [2.45, 2.75) is 32.7 Å². The van der Waals surface area contributed by atoms with Gasteiger partial charge in [0.15, 0.2) is 0 Å². The molecule has 0 fully saturated rings. The number of hydrogen-bond acceptors (Lipinski definition) is 3. The predicted octanol–water partition coefficient (Wildman–Crippen LogP) is 3.38. The van der Waals surface area contributed by atoms with Crippen molar-refractivity contribution >= 4 is 16.7 Å². The summed E-state index contributed by atoms with van der Waals surface area (Å²) in [5.74, 6) is 1.12. The minimum atomic E-state index is 0.388. The molecule has 0 spiro atoms. The van der Waals surface area contributed by atoms with Crippen LogP contribution >= 0.6 is 0 Å². The third-order valence-electron chi connectivity index (χ3n) is 3.70. The summed E-state index contributed by atoms with van der Waals surface area (Å²) in [6.07, 6.45) is 5.54. The molecule has 3 rings (SSSR count). The zero-order valence-corrected chi connectivity index (χ0v) is 12.5. The number of imidazole rings is 1. The number of rotatable bonds is 4. The smallest absolute Gasteiger partial charge is 0.110 e. The maximum atomic E-state index is 5.73. The molecule has 0 bridgehead atoms. The van der Waals surface area contributed by atoms with E-state index < -0.39 is 0 Å². The second kappa shape index (κ2) is 5.56. The number of nitrogen functional groups attached to an aromatic ring is 1. The highest BCUT2D eigenvalue weighted by Crippen LogP contribution is 2.21. The van der Waals surface area contributed by atoms with Crippen molar-refractivity contribution in [3.63, 3.8) is 0 Å². The van der Waals surface area contributed by atoms with E-state index in [2.05, 4.69) is 35.5 Å². The van der Waals surface area contributed by atoms with E-state index in [-0.39, 0.29) is 0 Å². The molecule has 4 heteroatoms. The van der Waals surface area contributed by atoms with Gasteiger partial charge in [0, 0.05) is 24.3 Å². The van der Waals surface area contributed by atoms with Gasteiger partial charge in [-0.3, -0.25) is 4.98 Å². The van der Waals surface area contributed by atoms with Crippen LogP contribution in [0.1, 0.15) is 31.3 Å². The zero-order chi connectivity index (χ0) is 14.8. The third kappa shape index (κ3) is 2.75. The van der Waals surface area contributed by atoms with Gasteiger partial charge in [0.05, 0.1) is 11.7 Å². The minimum absolute atomic E-state index is 0.388. The number of nitrogens with zero attached hydrogens (tertiary/aromatic N) is 3. The first-order valence-electron chi connectivity index (χ1n) is 7.30. The summed E-state index contributed by atoms with van der Waals surface area (Å²) in [4.78, 5) is 8.91. The number of nitrogens with two attached hydrogens (primary N) is 1. The molecule has 3 aromatic rings. The van der Waals surface area contributed by atoms with Crippen LogP contribution in [0.25, 0.3) is 11.0 Å². The SMILES string of the molecule is CC(C)n1c(CCc2ccc(N)cc2)nc2cnccc21. The number of hydrogen-bond donors (Lipinski definition) is 1. The largest absolute Gasteiger partial charge is 0.399 e. The summed E-state index contributed by atoms with van der Waals surface area (Å²) in [7, 11) is 0. The lowest BCUT2D eigenvalue weighted by atomic mass is 10.1. The summed E-state index contributed by atoms with van der Waals surface area (Å²) >= 11 is 0. The van der Waals surface area contributed by atoms with Crippen molar-refractivity contribution in [2.75, 3.05) is 5.73 Å². The molecule has 2 N–H and O–H groups in total. The van der Waals surface area contributed by atoms with Crippen molar-refractivity contribution in [2.24, 2.45) is 0 Å². The Bertz CT molecular complexity index is 741. The number of fused-ring (bicyclic) bond motifs is 1. The number of pyridine rings is 1. The van der Waals surface area contributed by atoms with Gasteiger partial charge < -0.3 is 10.3 Å². The molecule has 0 radical (unpaired) electrons. The average molecular weight is 280 g/mol. The highest BCUT2D eigenvalue weighted by atomic mass is 15.1. The van der Waals surface area contributed by atoms with E-state index in [4.69, 9.17) is 10.7 Å². The number of aryl methyl sites for hydroxylation is 2. The summed E-state index contributed by atoms with van der Waals surface area (Å²) in [5.41, 5.74) is 9.94. The second-order valence-electron chi connectivity index (χ2n) is 5.60. The van der Waals surface area contributed by atoms with Gasteiger partial charge in [0.2, 0.25) is 0 Å². The van der Waals surface area contributed by atoms with Gasteiger partial charge in [-0.1, -0.05) is 12.1 Å². The molecule has 1 aromatic carbocycles. The molecular weight excluding hydrogens is 260 g/mol. The minimum Gasteiger partial charge on any atom is -0.399 e. The monoisotopic (exact) mass is 280 g/mol. The second-order valence-corrected chi connectivity index (χ2v) is 5.60. The van der Waals surface area contributed by atoms with Gasteiger partial charge in [0.25, 0.3) is 0 Å². The molecule has 0 aliphatic heterocycles. The molecule has 0 aliphatic rings. The van der Waals surface area contributed by atoms with Gasteiger partial charge in [-0.25, -0.2) is 4.98 Å². The van der Waals surface area contributed by atoms with Crippen molar-refractivity contribution in [1.29, 1.82) is 0 Å². The van der Waals surface area contributed by atoms with Crippen LogP contribution in [-0.4, -0.2) is 14.5 Å². The molecule has 2 heterocycles. The van der Waals surface area contributed by atoms with E-state index >= 15 is 0 Å². The van der Waals surface area contributed by atoms with E-state index in [9.17, 15) is 0 Å². The molecule has 2 aromatic heterocycles. The lowest BCUT2D eigenvalue weighted by Gasteiger charge is -2.13. The Balaban J connectivity index is 1.89. The fourth-order valence-electron chi connectivity index (χ4n) is 2.69. The summed E-state index contributed by atoms with van der Waals surface area (Å²) in [6.45, 7) is 4.38. The number of anilines is 1. The van der Waals surface area contributed by atoms with Gasteiger partial charge >= 0.3 is 0 Å².